The Bertz CT molecular complexity index is 531. The van der Waals surface area contributed by atoms with Crippen molar-refractivity contribution in [3.8, 4) is 0 Å². The number of rotatable bonds is 9. The zero-order chi connectivity index (χ0) is 23.0. The van der Waals surface area contributed by atoms with Gasteiger partial charge in [0.05, 0.1) is 18.8 Å². The van der Waals surface area contributed by atoms with Gasteiger partial charge in [0.25, 0.3) is 0 Å². The van der Waals surface area contributed by atoms with E-state index in [1.54, 1.807) is 0 Å². The number of piperidine rings is 1. The number of likely N-dealkylation sites (tertiary alicyclic amines) is 1. The molecule has 0 aromatic rings. The minimum atomic E-state index is -1.20. The molecule has 0 bridgehead atoms. The molecule has 7 heteroatoms. The standard InChI is InChI=1S/C24H46N2O5/c1-24(2,3)23(31)26(18-12-8-4-5-9-13-18)15-11-7-6-10-14-25-16-20(28)22(30)21(29)19(25)17-27/h18-22,27-30H,4-17H2,1-3H3/t19-,20-,21+,22-/m1/s1. The summed E-state index contributed by atoms with van der Waals surface area (Å²) in [6.45, 7) is 7.53. The lowest BCUT2D eigenvalue weighted by atomic mass is 9.92. The molecule has 7 nitrogen and oxygen atoms in total. The van der Waals surface area contributed by atoms with Crippen LogP contribution in [0.4, 0.5) is 0 Å². The molecule has 1 heterocycles. The lowest BCUT2D eigenvalue weighted by molar-refractivity contribution is -0.145. The molecule has 0 spiro atoms. The van der Waals surface area contributed by atoms with Gasteiger partial charge in [-0.05, 0) is 32.2 Å². The summed E-state index contributed by atoms with van der Waals surface area (Å²) in [5.41, 5.74) is -0.355. The second-order valence-corrected chi connectivity index (χ2v) is 10.6. The van der Waals surface area contributed by atoms with Crippen LogP contribution in [0.3, 0.4) is 0 Å². The summed E-state index contributed by atoms with van der Waals surface area (Å²) in [5, 5.41) is 39.4. The Hall–Kier alpha value is -0.730. The molecule has 182 valence electrons. The summed E-state index contributed by atoms with van der Waals surface area (Å²) in [6, 6.07) is -0.157. The van der Waals surface area contributed by atoms with Gasteiger partial charge in [0, 0.05) is 24.5 Å². The van der Waals surface area contributed by atoms with Gasteiger partial charge in [-0.2, -0.15) is 0 Å². The van der Waals surface area contributed by atoms with Crippen LogP contribution in [0.15, 0.2) is 0 Å². The third-order valence-electron chi connectivity index (χ3n) is 6.98. The van der Waals surface area contributed by atoms with E-state index in [1.165, 1.54) is 25.7 Å². The van der Waals surface area contributed by atoms with E-state index in [-0.39, 0.29) is 24.5 Å². The van der Waals surface area contributed by atoms with E-state index < -0.39 is 24.4 Å². The number of aliphatic hydroxyl groups is 4. The third kappa shape index (κ3) is 7.67. The molecule has 2 rings (SSSR count). The van der Waals surface area contributed by atoms with Crippen molar-refractivity contribution < 1.29 is 25.2 Å². The number of unbranched alkanes of at least 4 members (excludes halogenated alkanes) is 3. The van der Waals surface area contributed by atoms with E-state index in [0.717, 1.165) is 45.1 Å². The van der Waals surface area contributed by atoms with E-state index in [0.29, 0.717) is 12.6 Å². The minimum Gasteiger partial charge on any atom is -0.395 e. The van der Waals surface area contributed by atoms with Gasteiger partial charge >= 0.3 is 0 Å². The van der Waals surface area contributed by atoms with Crippen molar-refractivity contribution in [1.29, 1.82) is 0 Å². The van der Waals surface area contributed by atoms with Crippen molar-refractivity contribution in [1.82, 2.24) is 9.80 Å². The maximum Gasteiger partial charge on any atom is 0.228 e. The Morgan fingerprint density at radius 2 is 1.55 bits per heavy atom. The second-order valence-electron chi connectivity index (χ2n) is 10.6. The van der Waals surface area contributed by atoms with Gasteiger partial charge in [0.15, 0.2) is 0 Å². The van der Waals surface area contributed by atoms with Crippen LogP contribution in [0.25, 0.3) is 0 Å². The fraction of sp³-hybridized carbons (Fsp3) is 0.958. The predicted octanol–water partition coefficient (Wildman–Crippen LogP) is 1.90. The van der Waals surface area contributed by atoms with Gasteiger partial charge in [-0.3, -0.25) is 9.69 Å². The second kappa shape index (κ2) is 12.5. The maximum atomic E-state index is 13.1. The fourth-order valence-corrected chi connectivity index (χ4v) is 5.04. The largest absolute Gasteiger partial charge is 0.395 e. The molecule has 4 N–H and O–H groups in total. The van der Waals surface area contributed by atoms with Gasteiger partial charge in [-0.25, -0.2) is 0 Å². The first-order valence-electron chi connectivity index (χ1n) is 12.4. The molecule has 1 amide bonds. The van der Waals surface area contributed by atoms with Gasteiger partial charge in [0.2, 0.25) is 5.91 Å². The summed E-state index contributed by atoms with van der Waals surface area (Å²) >= 11 is 0. The minimum absolute atomic E-state index is 0.240. The third-order valence-corrected chi connectivity index (χ3v) is 6.98. The molecule has 0 aromatic heterocycles. The summed E-state index contributed by atoms with van der Waals surface area (Å²) in [4.78, 5) is 17.1. The lowest BCUT2D eigenvalue weighted by Crippen LogP contribution is -2.62. The first kappa shape index (κ1) is 26.5. The normalized spacial score (nSPS) is 29.0. The SMILES string of the molecule is CC(C)(C)C(=O)N(CCCCCCN1C[C@@H](O)[C@@H](O)[C@@H](O)[C@H]1CO)C1CCCCCC1. The van der Waals surface area contributed by atoms with Crippen LogP contribution in [-0.2, 0) is 4.79 Å². The summed E-state index contributed by atoms with van der Waals surface area (Å²) in [7, 11) is 0. The molecule has 0 unspecified atom stereocenters. The molecule has 2 fully saturated rings. The average molecular weight is 443 g/mol. The van der Waals surface area contributed by atoms with Crippen LogP contribution >= 0.6 is 0 Å². The lowest BCUT2D eigenvalue weighted by Gasteiger charge is -2.43. The Morgan fingerprint density at radius 1 is 0.935 bits per heavy atom. The maximum absolute atomic E-state index is 13.1. The number of carbonyl (C=O) groups is 1. The molecule has 0 radical (unpaired) electrons. The highest BCUT2D eigenvalue weighted by molar-refractivity contribution is 5.81. The van der Waals surface area contributed by atoms with Gasteiger partial charge in [-0.1, -0.05) is 59.3 Å². The van der Waals surface area contributed by atoms with Gasteiger partial charge in [0.1, 0.15) is 12.2 Å². The van der Waals surface area contributed by atoms with E-state index in [2.05, 4.69) is 4.90 Å². The Kier molecular flexibility index (Phi) is 10.7. The quantitative estimate of drug-likeness (QED) is 0.321. The molecule has 2 aliphatic rings. The molecule has 4 atom stereocenters. The molecular weight excluding hydrogens is 396 g/mol. The molecule has 1 saturated heterocycles. The van der Waals surface area contributed by atoms with Crippen LogP contribution in [0, 0.1) is 5.41 Å². The Balaban J connectivity index is 1.78. The first-order chi connectivity index (χ1) is 14.7. The highest BCUT2D eigenvalue weighted by atomic mass is 16.4. The van der Waals surface area contributed by atoms with Gasteiger partial charge < -0.3 is 25.3 Å². The number of aliphatic hydroxyl groups excluding tert-OH is 4. The Labute approximate surface area is 188 Å². The summed E-state index contributed by atoms with van der Waals surface area (Å²) < 4.78 is 0. The van der Waals surface area contributed by atoms with E-state index in [1.807, 2.05) is 25.7 Å². The van der Waals surface area contributed by atoms with E-state index >= 15 is 0 Å². The topological polar surface area (TPSA) is 104 Å². The van der Waals surface area contributed by atoms with E-state index in [4.69, 9.17) is 0 Å². The molecule has 0 aromatic carbocycles. The highest BCUT2D eigenvalue weighted by Gasteiger charge is 2.40. The van der Waals surface area contributed by atoms with Crippen molar-refractivity contribution >= 4 is 5.91 Å². The van der Waals surface area contributed by atoms with Crippen molar-refractivity contribution in [3.05, 3.63) is 0 Å². The molecule has 1 aliphatic carbocycles. The van der Waals surface area contributed by atoms with Crippen molar-refractivity contribution in [2.75, 3.05) is 26.2 Å². The van der Waals surface area contributed by atoms with Gasteiger partial charge in [-0.15, -0.1) is 0 Å². The summed E-state index contributed by atoms with van der Waals surface area (Å²) in [6.07, 6.45) is 7.78. The average Bonchev–Trinajstić information content (AvgIpc) is 3.00. The molecule has 1 aliphatic heterocycles. The fourth-order valence-electron chi connectivity index (χ4n) is 5.04. The first-order valence-corrected chi connectivity index (χ1v) is 12.4. The van der Waals surface area contributed by atoms with Crippen LogP contribution in [0.1, 0.15) is 85.0 Å². The number of amides is 1. The zero-order valence-electron chi connectivity index (χ0n) is 19.9. The van der Waals surface area contributed by atoms with Crippen molar-refractivity contribution in [3.63, 3.8) is 0 Å². The smallest absolute Gasteiger partial charge is 0.228 e. The predicted molar refractivity (Wildman–Crippen MR) is 122 cm³/mol. The monoisotopic (exact) mass is 442 g/mol. The number of carbonyl (C=O) groups excluding carboxylic acids is 1. The zero-order valence-corrected chi connectivity index (χ0v) is 19.9. The van der Waals surface area contributed by atoms with E-state index in [9.17, 15) is 25.2 Å². The molecule has 31 heavy (non-hydrogen) atoms. The number of hydrogen-bond acceptors (Lipinski definition) is 6. The van der Waals surface area contributed by atoms with Crippen LogP contribution in [0.5, 0.6) is 0 Å². The van der Waals surface area contributed by atoms with Crippen LogP contribution in [-0.4, -0.2) is 92.8 Å². The number of β-amino-alcohol motifs (C(OH)–C–C–N with tert-alkyl or cyclic N) is 1. The van der Waals surface area contributed by atoms with Crippen LogP contribution < -0.4 is 0 Å². The number of hydrogen-bond donors (Lipinski definition) is 4. The number of nitrogens with zero attached hydrogens (tertiary/aromatic N) is 2. The van der Waals surface area contributed by atoms with Crippen LogP contribution in [0.2, 0.25) is 0 Å². The molecule has 1 saturated carbocycles. The van der Waals surface area contributed by atoms with Crippen molar-refractivity contribution in [2.24, 2.45) is 5.41 Å². The highest BCUT2D eigenvalue weighted by Crippen LogP contribution is 2.27. The molecular formula is C24H46N2O5. The Morgan fingerprint density at radius 3 is 2.13 bits per heavy atom. The summed E-state index contributed by atoms with van der Waals surface area (Å²) in [5.74, 6) is 0.264. The van der Waals surface area contributed by atoms with Crippen molar-refractivity contribution in [2.45, 2.75) is 115 Å².